The summed E-state index contributed by atoms with van der Waals surface area (Å²) in [6.07, 6.45) is 12.5. The average Bonchev–Trinajstić information content (AvgIpc) is 2.91. The fraction of sp³-hybridized carbons (Fsp3) is 0.750. The van der Waals surface area contributed by atoms with Crippen molar-refractivity contribution in [2.75, 3.05) is 20.1 Å². The van der Waals surface area contributed by atoms with Gasteiger partial charge in [0.1, 0.15) is 0 Å². The van der Waals surface area contributed by atoms with E-state index in [1.54, 1.807) is 22.8 Å². The molecule has 27 heavy (non-hydrogen) atoms. The number of nitrogens with one attached hydrogen (secondary N) is 2. The van der Waals surface area contributed by atoms with E-state index in [9.17, 15) is 9.59 Å². The van der Waals surface area contributed by atoms with Crippen LogP contribution in [0.5, 0.6) is 0 Å². The fourth-order valence-corrected chi connectivity index (χ4v) is 4.44. The maximum Gasteiger partial charge on any atom is 0.225 e. The van der Waals surface area contributed by atoms with E-state index in [0.717, 1.165) is 12.1 Å². The van der Waals surface area contributed by atoms with E-state index in [1.165, 1.54) is 38.5 Å². The molecular weight excluding hydrogens is 342 g/mol. The number of hydrogen-bond donors (Lipinski definition) is 2. The van der Waals surface area contributed by atoms with Crippen LogP contribution in [0.2, 0.25) is 0 Å². The molecular formula is C20H33N5O2. The summed E-state index contributed by atoms with van der Waals surface area (Å²) in [5.74, 6) is -0.108. The van der Waals surface area contributed by atoms with E-state index < -0.39 is 0 Å². The summed E-state index contributed by atoms with van der Waals surface area (Å²) >= 11 is 0. The maximum atomic E-state index is 12.8. The van der Waals surface area contributed by atoms with Crippen LogP contribution in [-0.2, 0) is 16.6 Å². The van der Waals surface area contributed by atoms with Crippen LogP contribution in [0.3, 0.4) is 0 Å². The third-order valence-corrected chi connectivity index (χ3v) is 5.98. The van der Waals surface area contributed by atoms with Crippen molar-refractivity contribution in [3.05, 3.63) is 18.0 Å². The Morgan fingerprint density at radius 2 is 1.89 bits per heavy atom. The summed E-state index contributed by atoms with van der Waals surface area (Å²) in [5, 5.41) is 10.9. The molecule has 7 heteroatoms. The van der Waals surface area contributed by atoms with Crippen LogP contribution in [-0.4, -0.2) is 52.7 Å². The second kappa shape index (κ2) is 9.35. The van der Waals surface area contributed by atoms with Crippen molar-refractivity contribution in [2.45, 2.75) is 63.5 Å². The van der Waals surface area contributed by atoms with Gasteiger partial charge >= 0.3 is 0 Å². The van der Waals surface area contributed by atoms with Gasteiger partial charge in [-0.2, -0.15) is 5.10 Å². The van der Waals surface area contributed by atoms with Gasteiger partial charge in [-0.1, -0.05) is 25.7 Å². The molecule has 1 aromatic heterocycles. The molecule has 1 aliphatic carbocycles. The van der Waals surface area contributed by atoms with E-state index in [-0.39, 0.29) is 23.8 Å². The van der Waals surface area contributed by atoms with Gasteiger partial charge in [-0.25, -0.2) is 0 Å². The first kappa shape index (κ1) is 19.9. The Bertz CT molecular complexity index is 636. The predicted octanol–water partition coefficient (Wildman–Crippen LogP) is 1.76. The second-order valence-electron chi connectivity index (χ2n) is 7.98. The summed E-state index contributed by atoms with van der Waals surface area (Å²) in [4.78, 5) is 26.7. The van der Waals surface area contributed by atoms with Gasteiger partial charge in [-0.3, -0.25) is 14.3 Å². The number of aromatic nitrogens is 2. The van der Waals surface area contributed by atoms with Gasteiger partial charge in [0.05, 0.1) is 18.2 Å². The lowest BCUT2D eigenvalue weighted by Gasteiger charge is -2.37. The molecule has 1 saturated heterocycles. The highest BCUT2D eigenvalue weighted by Gasteiger charge is 2.39. The normalized spacial score (nSPS) is 24.7. The second-order valence-corrected chi connectivity index (χ2v) is 7.98. The molecule has 2 aliphatic rings. The van der Waals surface area contributed by atoms with Crippen molar-refractivity contribution in [1.29, 1.82) is 0 Å². The molecule has 2 N–H and O–H groups in total. The third kappa shape index (κ3) is 5.09. The topological polar surface area (TPSA) is 79.3 Å². The first-order valence-electron chi connectivity index (χ1n) is 10.3. The maximum absolute atomic E-state index is 12.8. The first-order valence-corrected chi connectivity index (χ1v) is 10.3. The summed E-state index contributed by atoms with van der Waals surface area (Å²) in [6, 6.07) is 0.348. The first-order chi connectivity index (χ1) is 13.1. The lowest BCUT2D eigenvalue weighted by molar-refractivity contribution is -0.141. The van der Waals surface area contributed by atoms with Crippen LogP contribution < -0.4 is 10.6 Å². The molecule has 0 bridgehead atoms. The zero-order valence-electron chi connectivity index (χ0n) is 16.6. The Balaban J connectivity index is 1.53. The summed E-state index contributed by atoms with van der Waals surface area (Å²) in [7, 11) is 3.63. The minimum absolute atomic E-state index is 0.0332. The monoisotopic (exact) mass is 375 g/mol. The van der Waals surface area contributed by atoms with Crippen molar-refractivity contribution >= 4 is 11.8 Å². The number of rotatable bonds is 6. The van der Waals surface area contributed by atoms with E-state index in [4.69, 9.17) is 0 Å². The van der Waals surface area contributed by atoms with E-state index in [0.29, 0.717) is 25.4 Å². The Labute approximate surface area is 161 Å². The lowest BCUT2D eigenvalue weighted by Crippen LogP contribution is -2.47. The summed E-state index contributed by atoms with van der Waals surface area (Å²) in [6.45, 7) is 1.43. The number of nitrogens with zero attached hydrogens (tertiary/aromatic N) is 3. The van der Waals surface area contributed by atoms with Gasteiger partial charge < -0.3 is 15.5 Å². The van der Waals surface area contributed by atoms with Gasteiger partial charge in [0, 0.05) is 51.4 Å². The number of piperidine rings is 1. The van der Waals surface area contributed by atoms with Crippen LogP contribution in [0, 0.1) is 5.92 Å². The van der Waals surface area contributed by atoms with Gasteiger partial charge in [-0.05, 0) is 19.3 Å². The minimum Gasteiger partial charge on any atom is -0.355 e. The Morgan fingerprint density at radius 3 is 2.56 bits per heavy atom. The highest BCUT2D eigenvalue weighted by molar-refractivity contribution is 5.84. The quantitative estimate of drug-likeness (QED) is 0.587. The average molecular weight is 376 g/mol. The van der Waals surface area contributed by atoms with Crippen molar-refractivity contribution in [1.82, 2.24) is 25.3 Å². The molecule has 1 saturated carbocycles. The third-order valence-electron chi connectivity index (χ3n) is 5.98. The standard InChI is InChI=1S/C20H33N5O2/c1-24-14-15(13-23-24)19-17(9-10-18(26)25(19)2)20(27)22-12-11-21-16-7-5-3-4-6-8-16/h13-14,16-17,19,21H,3-12H2,1-2H3,(H,22,27). The smallest absolute Gasteiger partial charge is 0.225 e. The van der Waals surface area contributed by atoms with E-state index in [1.807, 2.05) is 13.2 Å². The molecule has 2 heterocycles. The molecule has 2 unspecified atom stereocenters. The van der Waals surface area contributed by atoms with Crippen molar-refractivity contribution in [3.63, 3.8) is 0 Å². The molecule has 1 aromatic rings. The molecule has 2 atom stereocenters. The SMILES string of the molecule is CN1C(=O)CCC(C(=O)NCCNC2CCCCCC2)C1c1cnn(C)c1. The number of likely N-dealkylation sites (tertiary alicyclic amines) is 1. The number of aryl methyl sites for hydroxylation is 1. The van der Waals surface area contributed by atoms with Crippen LogP contribution in [0.25, 0.3) is 0 Å². The van der Waals surface area contributed by atoms with Crippen LogP contribution in [0.15, 0.2) is 12.4 Å². The summed E-state index contributed by atoms with van der Waals surface area (Å²) < 4.78 is 1.72. The number of carbonyl (C=O) groups is 2. The number of hydrogen-bond acceptors (Lipinski definition) is 4. The number of carbonyl (C=O) groups excluding carboxylic acids is 2. The van der Waals surface area contributed by atoms with Gasteiger partial charge in [-0.15, -0.1) is 0 Å². The van der Waals surface area contributed by atoms with Gasteiger partial charge in [0.2, 0.25) is 11.8 Å². The fourth-order valence-electron chi connectivity index (χ4n) is 4.44. The molecule has 0 aromatic carbocycles. The van der Waals surface area contributed by atoms with Crippen molar-refractivity contribution in [3.8, 4) is 0 Å². The zero-order chi connectivity index (χ0) is 19.2. The highest BCUT2D eigenvalue weighted by Crippen LogP contribution is 2.35. The van der Waals surface area contributed by atoms with E-state index >= 15 is 0 Å². The zero-order valence-corrected chi connectivity index (χ0v) is 16.6. The Hall–Kier alpha value is -1.89. The molecule has 150 valence electrons. The van der Waals surface area contributed by atoms with Crippen LogP contribution in [0.1, 0.15) is 63.0 Å². The predicted molar refractivity (Wildman–Crippen MR) is 104 cm³/mol. The largest absolute Gasteiger partial charge is 0.355 e. The van der Waals surface area contributed by atoms with Crippen molar-refractivity contribution in [2.24, 2.45) is 13.0 Å². The van der Waals surface area contributed by atoms with Gasteiger partial charge in [0.25, 0.3) is 0 Å². The van der Waals surface area contributed by atoms with Crippen LogP contribution >= 0.6 is 0 Å². The molecule has 0 spiro atoms. The highest BCUT2D eigenvalue weighted by atomic mass is 16.2. The molecule has 3 rings (SSSR count). The molecule has 2 amide bonds. The molecule has 1 aliphatic heterocycles. The van der Waals surface area contributed by atoms with Crippen molar-refractivity contribution < 1.29 is 9.59 Å². The Morgan fingerprint density at radius 1 is 1.15 bits per heavy atom. The Kier molecular flexibility index (Phi) is 6.88. The van der Waals surface area contributed by atoms with Gasteiger partial charge in [0.15, 0.2) is 0 Å². The minimum atomic E-state index is -0.241. The number of amides is 2. The van der Waals surface area contributed by atoms with Crippen LogP contribution in [0.4, 0.5) is 0 Å². The lowest BCUT2D eigenvalue weighted by atomic mass is 9.85. The molecule has 0 radical (unpaired) electrons. The molecule has 7 nitrogen and oxygen atoms in total. The molecule has 2 fully saturated rings. The van der Waals surface area contributed by atoms with E-state index in [2.05, 4.69) is 15.7 Å². The summed E-state index contributed by atoms with van der Waals surface area (Å²) in [5.41, 5.74) is 0.921.